The van der Waals surface area contributed by atoms with E-state index in [1.165, 1.54) is 12.1 Å². The lowest BCUT2D eigenvalue weighted by Crippen LogP contribution is -2.43. The number of hydrogen-bond donors (Lipinski definition) is 5. The van der Waals surface area contributed by atoms with Crippen molar-refractivity contribution in [3.63, 3.8) is 0 Å². The topological polar surface area (TPSA) is 161 Å². The average molecular weight is 376 g/mol. The van der Waals surface area contributed by atoms with E-state index in [9.17, 15) is 14.4 Å². The van der Waals surface area contributed by atoms with Crippen LogP contribution in [0.3, 0.4) is 0 Å². The predicted molar refractivity (Wildman–Crippen MR) is 100 cm³/mol. The van der Waals surface area contributed by atoms with Gasteiger partial charge in [-0.2, -0.15) is 0 Å². The SMILES string of the molecule is C=NC(C(=O)NNC(=O)c1ccc(CNC(=O)OC(C)(C)C)cc1)=C(N)N. The van der Waals surface area contributed by atoms with Gasteiger partial charge in [0, 0.05) is 12.1 Å². The Morgan fingerprint density at radius 2 is 1.70 bits per heavy atom. The van der Waals surface area contributed by atoms with Crippen molar-refractivity contribution >= 4 is 24.6 Å². The summed E-state index contributed by atoms with van der Waals surface area (Å²) in [4.78, 5) is 38.7. The molecule has 0 saturated carbocycles. The van der Waals surface area contributed by atoms with Gasteiger partial charge in [0.25, 0.3) is 11.8 Å². The maximum absolute atomic E-state index is 12.0. The second-order valence-corrected chi connectivity index (χ2v) is 6.42. The molecule has 10 nitrogen and oxygen atoms in total. The minimum Gasteiger partial charge on any atom is -0.444 e. The summed E-state index contributed by atoms with van der Waals surface area (Å²) < 4.78 is 5.13. The molecule has 1 aromatic carbocycles. The molecule has 0 aliphatic heterocycles. The molecule has 0 heterocycles. The highest BCUT2D eigenvalue weighted by Crippen LogP contribution is 2.08. The molecule has 0 spiro atoms. The first-order chi connectivity index (χ1) is 12.5. The first-order valence-electron chi connectivity index (χ1n) is 7.92. The monoisotopic (exact) mass is 376 g/mol. The summed E-state index contributed by atoms with van der Waals surface area (Å²) in [5.74, 6) is -1.68. The van der Waals surface area contributed by atoms with E-state index in [1.54, 1.807) is 32.9 Å². The molecule has 3 amide bonds. The van der Waals surface area contributed by atoms with Crippen molar-refractivity contribution in [2.24, 2.45) is 16.5 Å². The van der Waals surface area contributed by atoms with Crippen molar-refractivity contribution in [2.45, 2.75) is 32.9 Å². The molecule has 0 radical (unpaired) electrons. The molecule has 0 atom stereocenters. The molecule has 0 aromatic heterocycles. The number of carbonyl (C=O) groups is 3. The number of hydrazine groups is 1. The number of amides is 3. The van der Waals surface area contributed by atoms with Gasteiger partial charge in [-0.25, -0.2) is 4.79 Å². The number of rotatable bonds is 5. The number of nitrogens with two attached hydrogens (primary N) is 2. The Hall–Kier alpha value is -3.56. The highest BCUT2D eigenvalue weighted by molar-refractivity contribution is 5.99. The normalized spacial score (nSPS) is 10.3. The van der Waals surface area contributed by atoms with E-state index in [2.05, 4.69) is 27.9 Å². The van der Waals surface area contributed by atoms with Gasteiger partial charge in [-0.05, 0) is 45.2 Å². The maximum Gasteiger partial charge on any atom is 0.407 e. The Morgan fingerprint density at radius 1 is 1.11 bits per heavy atom. The van der Waals surface area contributed by atoms with E-state index < -0.39 is 23.5 Å². The minimum atomic E-state index is -0.795. The number of carbonyl (C=O) groups excluding carboxylic acids is 3. The average Bonchev–Trinajstić information content (AvgIpc) is 2.57. The lowest BCUT2D eigenvalue weighted by Gasteiger charge is -2.19. The largest absolute Gasteiger partial charge is 0.444 e. The molecule has 0 fully saturated rings. The van der Waals surface area contributed by atoms with Crippen molar-refractivity contribution in [3.05, 3.63) is 46.9 Å². The molecule has 27 heavy (non-hydrogen) atoms. The fraction of sp³-hybridized carbons (Fsp3) is 0.294. The van der Waals surface area contributed by atoms with E-state index in [0.29, 0.717) is 0 Å². The third-order valence-electron chi connectivity index (χ3n) is 2.99. The molecule has 0 aliphatic rings. The molecule has 146 valence electrons. The van der Waals surface area contributed by atoms with E-state index in [0.717, 1.165) is 5.56 Å². The highest BCUT2D eigenvalue weighted by Gasteiger charge is 2.16. The molecule has 7 N–H and O–H groups in total. The fourth-order valence-electron chi connectivity index (χ4n) is 1.80. The molecule has 0 unspecified atom stereocenters. The van der Waals surface area contributed by atoms with E-state index in [1.807, 2.05) is 0 Å². The predicted octanol–water partition coefficient (Wildman–Crippen LogP) is 0.259. The number of hydrogen-bond acceptors (Lipinski definition) is 7. The Labute approximate surface area is 157 Å². The zero-order chi connectivity index (χ0) is 20.6. The summed E-state index contributed by atoms with van der Waals surface area (Å²) in [5.41, 5.74) is 15.1. The van der Waals surface area contributed by atoms with Crippen LogP contribution in [0, 0.1) is 0 Å². The van der Waals surface area contributed by atoms with Crippen molar-refractivity contribution in [1.82, 2.24) is 16.2 Å². The highest BCUT2D eigenvalue weighted by atomic mass is 16.6. The van der Waals surface area contributed by atoms with Gasteiger partial charge in [0.15, 0.2) is 5.70 Å². The Morgan fingerprint density at radius 3 is 2.19 bits per heavy atom. The van der Waals surface area contributed by atoms with Gasteiger partial charge in [0.2, 0.25) is 0 Å². The quantitative estimate of drug-likeness (QED) is 0.281. The Bertz CT molecular complexity index is 746. The lowest BCUT2D eigenvalue weighted by atomic mass is 10.1. The van der Waals surface area contributed by atoms with E-state index >= 15 is 0 Å². The Kier molecular flexibility index (Phi) is 7.34. The van der Waals surface area contributed by atoms with Gasteiger partial charge >= 0.3 is 6.09 Å². The van der Waals surface area contributed by atoms with Crippen molar-refractivity contribution in [1.29, 1.82) is 0 Å². The third kappa shape index (κ3) is 7.46. The summed E-state index contributed by atoms with van der Waals surface area (Å²) >= 11 is 0. The van der Waals surface area contributed by atoms with Gasteiger partial charge in [-0.3, -0.25) is 25.4 Å². The molecule has 1 rings (SSSR count). The summed E-state index contributed by atoms with van der Waals surface area (Å²) in [6, 6.07) is 6.38. The van der Waals surface area contributed by atoms with Gasteiger partial charge in [0.05, 0.1) is 0 Å². The summed E-state index contributed by atoms with van der Waals surface area (Å²) in [6.07, 6.45) is -0.536. The number of ether oxygens (including phenoxy) is 1. The summed E-state index contributed by atoms with van der Waals surface area (Å²) in [5, 5.41) is 2.61. The molecular formula is C17H24N6O4. The molecule has 0 aliphatic carbocycles. The van der Waals surface area contributed by atoms with Crippen molar-refractivity contribution < 1.29 is 19.1 Å². The van der Waals surface area contributed by atoms with Crippen LogP contribution >= 0.6 is 0 Å². The molecule has 1 aromatic rings. The number of aliphatic imine (C=N–C) groups is 1. The summed E-state index contributed by atoms with van der Waals surface area (Å²) in [6.45, 7) is 8.71. The molecule has 10 heteroatoms. The second kappa shape index (κ2) is 9.22. The zero-order valence-corrected chi connectivity index (χ0v) is 15.5. The fourth-order valence-corrected chi connectivity index (χ4v) is 1.80. The van der Waals surface area contributed by atoms with Gasteiger partial charge in [-0.1, -0.05) is 12.1 Å². The second-order valence-electron chi connectivity index (χ2n) is 6.42. The smallest absolute Gasteiger partial charge is 0.407 e. The van der Waals surface area contributed by atoms with Crippen LogP contribution in [0.25, 0.3) is 0 Å². The van der Waals surface area contributed by atoms with Gasteiger partial charge < -0.3 is 21.5 Å². The maximum atomic E-state index is 12.0. The Balaban J connectivity index is 2.57. The number of nitrogens with zero attached hydrogens (tertiary/aromatic N) is 1. The number of benzene rings is 1. The van der Waals surface area contributed by atoms with Crippen molar-refractivity contribution in [3.8, 4) is 0 Å². The van der Waals surface area contributed by atoms with Crippen LogP contribution in [-0.4, -0.2) is 30.2 Å². The van der Waals surface area contributed by atoms with Crippen LogP contribution in [0.15, 0.2) is 40.8 Å². The number of alkyl carbamates (subject to hydrolysis) is 1. The van der Waals surface area contributed by atoms with Crippen molar-refractivity contribution in [2.75, 3.05) is 0 Å². The van der Waals surface area contributed by atoms with Gasteiger partial charge in [0.1, 0.15) is 11.4 Å². The third-order valence-corrected chi connectivity index (χ3v) is 2.99. The van der Waals surface area contributed by atoms with Crippen LogP contribution in [0.1, 0.15) is 36.7 Å². The number of nitrogens with one attached hydrogen (secondary N) is 3. The summed E-state index contributed by atoms with van der Waals surface area (Å²) in [7, 11) is 0. The first kappa shape index (κ1) is 21.5. The van der Waals surface area contributed by atoms with E-state index in [-0.39, 0.29) is 23.6 Å². The van der Waals surface area contributed by atoms with Crippen LogP contribution in [0.2, 0.25) is 0 Å². The van der Waals surface area contributed by atoms with Crippen LogP contribution in [0.5, 0.6) is 0 Å². The molecule has 0 bridgehead atoms. The van der Waals surface area contributed by atoms with Crippen LogP contribution in [-0.2, 0) is 16.1 Å². The molecular weight excluding hydrogens is 352 g/mol. The minimum absolute atomic E-state index is 0.239. The van der Waals surface area contributed by atoms with E-state index in [4.69, 9.17) is 16.2 Å². The van der Waals surface area contributed by atoms with Crippen LogP contribution in [0.4, 0.5) is 4.79 Å². The lowest BCUT2D eigenvalue weighted by molar-refractivity contribution is -0.118. The van der Waals surface area contributed by atoms with Crippen LogP contribution < -0.4 is 27.6 Å². The molecule has 0 saturated heterocycles. The first-order valence-corrected chi connectivity index (χ1v) is 7.92. The standard InChI is InChI=1S/C17H24N6O4/c1-17(2,3)27-16(26)21-9-10-5-7-11(8-6-10)14(24)22-23-15(25)12(20-4)13(18)19/h5-8H,4,9,18-19H2,1-3H3,(H,21,26)(H,22,24)(H,23,25). The van der Waals surface area contributed by atoms with Gasteiger partial charge in [-0.15, -0.1) is 0 Å². The zero-order valence-electron chi connectivity index (χ0n) is 15.5.